The van der Waals surface area contributed by atoms with Gasteiger partial charge in [0, 0.05) is 23.8 Å². The van der Waals surface area contributed by atoms with Crippen molar-refractivity contribution in [2.24, 2.45) is 0 Å². The molecule has 88 valence electrons. The Balaban J connectivity index is 1.83. The molecule has 1 aliphatic heterocycles. The first-order valence-corrected chi connectivity index (χ1v) is 7.59. The number of rotatable bonds is 4. The highest BCUT2D eigenvalue weighted by Crippen LogP contribution is 2.48. The summed E-state index contributed by atoms with van der Waals surface area (Å²) in [5, 5.41) is 0. The van der Waals surface area contributed by atoms with Gasteiger partial charge in [-0.25, -0.2) is 8.42 Å². The molecular formula is C9H16ClNO3S. The minimum Gasteiger partial charge on any atom is -0.379 e. The van der Waals surface area contributed by atoms with E-state index in [1.807, 2.05) is 0 Å². The van der Waals surface area contributed by atoms with Gasteiger partial charge in [0.15, 0.2) is 0 Å². The maximum Gasteiger partial charge on any atom is 0.238 e. The van der Waals surface area contributed by atoms with Crippen LogP contribution in [0.25, 0.3) is 0 Å². The van der Waals surface area contributed by atoms with Gasteiger partial charge in [0.2, 0.25) is 9.05 Å². The molecule has 1 saturated heterocycles. The van der Waals surface area contributed by atoms with Gasteiger partial charge in [-0.2, -0.15) is 0 Å². The van der Waals surface area contributed by atoms with Crippen LogP contribution in [0.1, 0.15) is 19.3 Å². The molecule has 1 aliphatic carbocycles. The Morgan fingerprint density at radius 2 is 1.87 bits per heavy atom. The predicted molar refractivity (Wildman–Crippen MR) is 58.6 cm³/mol. The molecule has 0 radical (unpaired) electrons. The van der Waals surface area contributed by atoms with Crippen molar-refractivity contribution in [1.29, 1.82) is 0 Å². The van der Waals surface area contributed by atoms with Crippen molar-refractivity contribution in [1.82, 2.24) is 4.90 Å². The van der Waals surface area contributed by atoms with Crippen LogP contribution in [0.4, 0.5) is 0 Å². The van der Waals surface area contributed by atoms with E-state index in [1.165, 1.54) is 0 Å². The van der Waals surface area contributed by atoms with Gasteiger partial charge >= 0.3 is 0 Å². The van der Waals surface area contributed by atoms with Crippen molar-refractivity contribution in [2.75, 3.05) is 32.8 Å². The summed E-state index contributed by atoms with van der Waals surface area (Å²) in [5.74, 6) is 0. The lowest BCUT2D eigenvalue weighted by molar-refractivity contribution is 0.0371. The second-order valence-corrected chi connectivity index (χ2v) is 7.29. The Bertz CT molecular complexity index is 320. The zero-order chi connectivity index (χ0) is 10.9. The fourth-order valence-electron chi connectivity index (χ4n) is 1.94. The molecule has 0 unspecified atom stereocenters. The average molecular weight is 254 g/mol. The van der Waals surface area contributed by atoms with Crippen LogP contribution in [0, 0.1) is 0 Å². The molecule has 6 heteroatoms. The standard InChI is InChI=1S/C9H16ClNO3S/c10-15(12,13)9(1-2-9)3-4-11-5-7-14-8-6-11/h1-8H2. The number of halogens is 1. The summed E-state index contributed by atoms with van der Waals surface area (Å²) in [7, 11) is 2.06. The largest absolute Gasteiger partial charge is 0.379 e. The number of ether oxygens (including phenoxy) is 1. The van der Waals surface area contributed by atoms with E-state index in [1.54, 1.807) is 0 Å². The first-order chi connectivity index (χ1) is 7.04. The van der Waals surface area contributed by atoms with E-state index >= 15 is 0 Å². The van der Waals surface area contributed by atoms with Crippen molar-refractivity contribution in [2.45, 2.75) is 24.0 Å². The van der Waals surface area contributed by atoms with Gasteiger partial charge in [0.25, 0.3) is 0 Å². The third-order valence-corrected chi connectivity index (χ3v) is 5.94. The summed E-state index contributed by atoms with van der Waals surface area (Å²) < 4.78 is 27.2. The molecule has 0 aromatic carbocycles. The number of hydrogen-bond donors (Lipinski definition) is 0. The van der Waals surface area contributed by atoms with Crippen LogP contribution in [0.5, 0.6) is 0 Å². The average Bonchev–Trinajstić information content (AvgIpc) is 2.96. The molecule has 1 saturated carbocycles. The quantitative estimate of drug-likeness (QED) is 0.696. The molecule has 2 fully saturated rings. The monoisotopic (exact) mass is 253 g/mol. The normalized spacial score (nSPS) is 26.5. The zero-order valence-electron chi connectivity index (χ0n) is 8.62. The van der Waals surface area contributed by atoms with Gasteiger partial charge in [0.05, 0.1) is 18.0 Å². The van der Waals surface area contributed by atoms with E-state index in [2.05, 4.69) is 4.90 Å². The van der Waals surface area contributed by atoms with Crippen LogP contribution >= 0.6 is 10.7 Å². The van der Waals surface area contributed by atoms with Gasteiger partial charge in [-0.1, -0.05) is 0 Å². The van der Waals surface area contributed by atoms with Gasteiger partial charge < -0.3 is 4.74 Å². The Kier molecular flexibility index (Phi) is 3.26. The highest BCUT2D eigenvalue weighted by molar-refractivity contribution is 8.15. The maximum absolute atomic E-state index is 11.3. The van der Waals surface area contributed by atoms with Crippen LogP contribution in [-0.4, -0.2) is 50.9 Å². The molecule has 1 heterocycles. The fraction of sp³-hybridized carbons (Fsp3) is 1.00. The van der Waals surface area contributed by atoms with E-state index in [9.17, 15) is 8.42 Å². The molecule has 0 bridgehead atoms. The summed E-state index contributed by atoms with van der Waals surface area (Å²) in [6, 6.07) is 0. The Labute approximate surface area is 95.0 Å². The van der Waals surface area contributed by atoms with Crippen LogP contribution in [0.2, 0.25) is 0 Å². The molecular weight excluding hydrogens is 238 g/mol. The van der Waals surface area contributed by atoms with Crippen molar-refractivity contribution in [3.63, 3.8) is 0 Å². The van der Waals surface area contributed by atoms with Gasteiger partial charge in [-0.15, -0.1) is 0 Å². The van der Waals surface area contributed by atoms with Crippen molar-refractivity contribution in [3.05, 3.63) is 0 Å². The number of nitrogens with zero attached hydrogens (tertiary/aromatic N) is 1. The third kappa shape index (κ3) is 2.64. The minimum absolute atomic E-state index is 0.604. The highest BCUT2D eigenvalue weighted by Gasteiger charge is 2.53. The van der Waals surface area contributed by atoms with Crippen molar-refractivity contribution >= 4 is 19.7 Å². The maximum atomic E-state index is 11.3. The highest BCUT2D eigenvalue weighted by atomic mass is 35.7. The number of hydrogen-bond acceptors (Lipinski definition) is 4. The lowest BCUT2D eigenvalue weighted by Crippen LogP contribution is -2.38. The van der Waals surface area contributed by atoms with Crippen LogP contribution in [0.3, 0.4) is 0 Å². The summed E-state index contributed by atoms with van der Waals surface area (Å²) in [6.45, 7) is 4.12. The first-order valence-electron chi connectivity index (χ1n) is 5.28. The first kappa shape index (κ1) is 11.6. The lowest BCUT2D eigenvalue weighted by Gasteiger charge is -2.27. The molecule has 0 aromatic heterocycles. The van der Waals surface area contributed by atoms with Gasteiger partial charge in [0.1, 0.15) is 0 Å². The second kappa shape index (κ2) is 4.20. The zero-order valence-corrected chi connectivity index (χ0v) is 10.2. The van der Waals surface area contributed by atoms with E-state index in [0.29, 0.717) is 6.42 Å². The smallest absolute Gasteiger partial charge is 0.238 e. The van der Waals surface area contributed by atoms with E-state index in [4.69, 9.17) is 15.4 Å². The SMILES string of the molecule is O=S(=O)(Cl)C1(CCN2CCOCC2)CC1. The van der Waals surface area contributed by atoms with E-state index < -0.39 is 13.8 Å². The minimum atomic E-state index is -3.38. The topological polar surface area (TPSA) is 46.6 Å². The van der Waals surface area contributed by atoms with Gasteiger partial charge in [-0.3, -0.25) is 4.90 Å². The Hall–Kier alpha value is 0.160. The molecule has 0 amide bonds. The molecule has 0 aromatic rings. The van der Waals surface area contributed by atoms with E-state index in [0.717, 1.165) is 45.7 Å². The second-order valence-electron chi connectivity index (χ2n) is 4.32. The third-order valence-electron chi connectivity index (χ3n) is 3.31. The summed E-state index contributed by atoms with van der Waals surface area (Å²) in [6.07, 6.45) is 2.12. The van der Waals surface area contributed by atoms with Crippen molar-refractivity contribution in [3.8, 4) is 0 Å². The van der Waals surface area contributed by atoms with Crippen LogP contribution < -0.4 is 0 Å². The van der Waals surface area contributed by atoms with Gasteiger partial charge in [-0.05, 0) is 25.8 Å². The number of morpholine rings is 1. The van der Waals surface area contributed by atoms with Crippen LogP contribution in [0.15, 0.2) is 0 Å². The lowest BCUT2D eigenvalue weighted by atomic mass is 10.2. The summed E-state index contributed by atoms with van der Waals surface area (Å²) >= 11 is 0. The molecule has 0 spiro atoms. The predicted octanol–water partition coefficient (Wildman–Crippen LogP) is 0.810. The molecule has 0 atom stereocenters. The Morgan fingerprint density at radius 1 is 1.27 bits per heavy atom. The molecule has 0 N–H and O–H groups in total. The summed E-state index contributed by atoms with van der Waals surface area (Å²) in [5.41, 5.74) is 0. The van der Waals surface area contributed by atoms with E-state index in [-0.39, 0.29) is 0 Å². The molecule has 2 aliphatic rings. The molecule has 2 rings (SSSR count). The molecule has 15 heavy (non-hydrogen) atoms. The van der Waals surface area contributed by atoms with Crippen molar-refractivity contribution < 1.29 is 13.2 Å². The Morgan fingerprint density at radius 3 is 2.33 bits per heavy atom. The fourth-order valence-corrected chi connectivity index (χ4v) is 3.56. The van der Waals surface area contributed by atoms with Crippen LogP contribution in [-0.2, 0) is 13.8 Å². The molecule has 4 nitrogen and oxygen atoms in total. The summed E-state index contributed by atoms with van der Waals surface area (Å²) in [4.78, 5) is 2.24.